The van der Waals surface area contributed by atoms with Gasteiger partial charge in [-0.15, -0.1) is 6.58 Å². The van der Waals surface area contributed by atoms with Crippen LogP contribution in [0.2, 0.25) is 0 Å². The molecule has 0 amide bonds. The quantitative estimate of drug-likeness (QED) is 0.585. The molecular formula is C11H11FN2. The van der Waals surface area contributed by atoms with Gasteiger partial charge in [0.1, 0.15) is 11.9 Å². The first-order valence-electron chi connectivity index (χ1n) is 4.32. The molecule has 0 aliphatic heterocycles. The van der Waals surface area contributed by atoms with Crippen LogP contribution in [0.4, 0.5) is 10.1 Å². The molecule has 0 saturated carbocycles. The summed E-state index contributed by atoms with van der Waals surface area (Å²) in [6.07, 6.45) is 2.61. The van der Waals surface area contributed by atoms with Crippen molar-refractivity contribution in [2.24, 2.45) is 0 Å². The number of nitrogens with one attached hydrogen (secondary N) is 1. The first-order chi connectivity index (χ1) is 6.77. The molecule has 0 bridgehead atoms. The Hall–Kier alpha value is -1.82. The number of hydrogen-bond donors (Lipinski definition) is 1. The Morgan fingerprint density at radius 3 is 2.93 bits per heavy atom. The Morgan fingerprint density at radius 2 is 2.36 bits per heavy atom. The Kier molecular flexibility index (Phi) is 3.69. The van der Waals surface area contributed by atoms with E-state index in [4.69, 9.17) is 5.26 Å². The summed E-state index contributed by atoms with van der Waals surface area (Å²) in [5, 5.41) is 11.5. The van der Waals surface area contributed by atoms with Gasteiger partial charge in [-0.05, 0) is 24.6 Å². The van der Waals surface area contributed by atoms with E-state index in [0.29, 0.717) is 5.69 Å². The molecule has 3 heteroatoms. The maximum Gasteiger partial charge on any atom is 0.143 e. The van der Waals surface area contributed by atoms with Crippen LogP contribution in [0, 0.1) is 17.1 Å². The number of benzene rings is 1. The van der Waals surface area contributed by atoms with E-state index in [2.05, 4.69) is 11.9 Å². The first kappa shape index (κ1) is 10.3. The summed E-state index contributed by atoms with van der Waals surface area (Å²) in [7, 11) is 0. The molecule has 0 atom stereocenters. The van der Waals surface area contributed by atoms with E-state index < -0.39 is 5.82 Å². The van der Waals surface area contributed by atoms with E-state index in [9.17, 15) is 4.39 Å². The van der Waals surface area contributed by atoms with Gasteiger partial charge in [0.15, 0.2) is 0 Å². The molecule has 0 unspecified atom stereocenters. The Bertz CT molecular complexity index is 366. The molecule has 0 radical (unpaired) electrons. The van der Waals surface area contributed by atoms with Crippen LogP contribution < -0.4 is 5.32 Å². The van der Waals surface area contributed by atoms with Gasteiger partial charge < -0.3 is 5.32 Å². The van der Waals surface area contributed by atoms with Crippen LogP contribution in [-0.2, 0) is 0 Å². The molecule has 1 aromatic carbocycles. The minimum atomic E-state index is -0.490. The van der Waals surface area contributed by atoms with Gasteiger partial charge in [-0.25, -0.2) is 4.39 Å². The molecule has 0 aliphatic carbocycles. The zero-order valence-electron chi connectivity index (χ0n) is 7.76. The molecule has 0 heterocycles. The molecule has 0 saturated heterocycles. The molecule has 1 N–H and O–H groups in total. The van der Waals surface area contributed by atoms with E-state index >= 15 is 0 Å². The van der Waals surface area contributed by atoms with E-state index in [1.54, 1.807) is 18.2 Å². The number of nitriles is 1. The zero-order chi connectivity index (χ0) is 10.4. The lowest BCUT2D eigenvalue weighted by molar-refractivity contribution is 0.624. The molecule has 1 aromatic rings. The molecule has 72 valence electrons. The second-order valence-corrected chi connectivity index (χ2v) is 2.81. The highest BCUT2D eigenvalue weighted by molar-refractivity contribution is 5.48. The summed E-state index contributed by atoms with van der Waals surface area (Å²) in [4.78, 5) is 0. The highest BCUT2D eigenvalue weighted by atomic mass is 19.1. The van der Waals surface area contributed by atoms with Crippen LogP contribution in [-0.4, -0.2) is 6.54 Å². The molecular weight excluding hydrogens is 179 g/mol. The molecule has 0 fully saturated rings. The Morgan fingerprint density at radius 1 is 1.57 bits per heavy atom. The van der Waals surface area contributed by atoms with Crippen molar-refractivity contribution in [1.29, 1.82) is 5.26 Å². The molecule has 0 aliphatic rings. The second-order valence-electron chi connectivity index (χ2n) is 2.81. The van der Waals surface area contributed by atoms with Gasteiger partial charge in [0.05, 0.1) is 5.56 Å². The third-order valence-corrected chi connectivity index (χ3v) is 1.77. The number of halogens is 1. The second kappa shape index (κ2) is 5.03. The lowest BCUT2D eigenvalue weighted by atomic mass is 10.2. The number of hydrogen-bond acceptors (Lipinski definition) is 2. The van der Waals surface area contributed by atoms with Crippen molar-refractivity contribution in [2.75, 3.05) is 11.9 Å². The first-order valence-corrected chi connectivity index (χ1v) is 4.32. The lowest BCUT2D eigenvalue weighted by Crippen LogP contribution is -2.00. The lowest BCUT2D eigenvalue weighted by Gasteiger charge is -2.04. The standard InChI is InChI=1S/C11H11FN2/c1-2-3-6-14-10-5-4-9(8-13)11(12)7-10/h2,4-5,7,14H,1,3,6H2. The Labute approximate surface area is 82.7 Å². The third kappa shape index (κ3) is 2.60. The van der Waals surface area contributed by atoms with Crippen molar-refractivity contribution in [2.45, 2.75) is 6.42 Å². The highest BCUT2D eigenvalue weighted by Crippen LogP contribution is 2.13. The van der Waals surface area contributed by atoms with Crippen molar-refractivity contribution >= 4 is 5.69 Å². The molecule has 2 nitrogen and oxygen atoms in total. The average Bonchev–Trinajstić information content (AvgIpc) is 2.18. The van der Waals surface area contributed by atoms with Crippen molar-refractivity contribution in [1.82, 2.24) is 0 Å². The summed E-state index contributed by atoms with van der Waals surface area (Å²) in [6, 6.07) is 6.24. The van der Waals surface area contributed by atoms with E-state index in [1.807, 2.05) is 0 Å². The third-order valence-electron chi connectivity index (χ3n) is 1.77. The average molecular weight is 190 g/mol. The number of rotatable bonds is 4. The minimum Gasteiger partial charge on any atom is -0.385 e. The fourth-order valence-corrected chi connectivity index (χ4v) is 1.03. The van der Waals surface area contributed by atoms with Gasteiger partial charge >= 0.3 is 0 Å². The minimum absolute atomic E-state index is 0.0688. The van der Waals surface area contributed by atoms with Crippen molar-refractivity contribution in [3.63, 3.8) is 0 Å². The van der Waals surface area contributed by atoms with Gasteiger partial charge in [-0.1, -0.05) is 6.08 Å². The van der Waals surface area contributed by atoms with Crippen LogP contribution in [0.15, 0.2) is 30.9 Å². The summed E-state index contributed by atoms with van der Waals surface area (Å²) < 4.78 is 13.1. The molecule has 14 heavy (non-hydrogen) atoms. The van der Waals surface area contributed by atoms with E-state index in [-0.39, 0.29) is 5.56 Å². The SMILES string of the molecule is C=CCCNc1ccc(C#N)c(F)c1. The van der Waals surface area contributed by atoms with Crippen LogP contribution >= 0.6 is 0 Å². The van der Waals surface area contributed by atoms with Gasteiger partial charge in [0.2, 0.25) is 0 Å². The van der Waals surface area contributed by atoms with Gasteiger partial charge in [0, 0.05) is 12.2 Å². The Balaban J connectivity index is 2.67. The van der Waals surface area contributed by atoms with E-state index in [1.165, 1.54) is 12.1 Å². The van der Waals surface area contributed by atoms with Crippen molar-refractivity contribution < 1.29 is 4.39 Å². The van der Waals surface area contributed by atoms with Gasteiger partial charge in [-0.2, -0.15) is 5.26 Å². The summed E-state index contributed by atoms with van der Waals surface area (Å²) in [5.74, 6) is -0.490. The van der Waals surface area contributed by atoms with Gasteiger partial charge in [-0.3, -0.25) is 0 Å². The van der Waals surface area contributed by atoms with Crippen LogP contribution in [0.25, 0.3) is 0 Å². The predicted molar refractivity (Wildman–Crippen MR) is 54.4 cm³/mol. The van der Waals surface area contributed by atoms with Gasteiger partial charge in [0.25, 0.3) is 0 Å². The van der Waals surface area contributed by atoms with Crippen LogP contribution in [0.5, 0.6) is 0 Å². The zero-order valence-corrected chi connectivity index (χ0v) is 7.76. The maximum atomic E-state index is 13.1. The molecule has 0 spiro atoms. The molecule has 1 rings (SSSR count). The topological polar surface area (TPSA) is 35.8 Å². The van der Waals surface area contributed by atoms with Crippen LogP contribution in [0.1, 0.15) is 12.0 Å². The van der Waals surface area contributed by atoms with Crippen molar-refractivity contribution in [3.05, 3.63) is 42.2 Å². The van der Waals surface area contributed by atoms with E-state index in [0.717, 1.165) is 13.0 Å². The number of anilines is 1. The summed E-state index contributed by atoms with van der Waals surface area (Å²) in [6.45, 7) is 4.30. The predicted octanol–water partition coefficient (Wildman–Crippen LogP) is 2.69. The highest BCUT2D eigenvalue weighted by Gasteiger charge is 2.01. The largest absolute Gasteiger partial charge is 0.385 e. The molecule has 0 aromatic heterocycles. The van der Waals surface area contributed by atoms with Crippen LogP contribution in [0.3, 0.4) is 0 Å². The smallest absolute Gasteiger partial charge is 0.143 e. The maximum absolute atomic E-state index is 13.1. The fourth-order valence-electron chi connectivity index (χ4n) is 1.03. The number of nitrogens with zero attached hydrogens (tertiary/aromatic N) is 1. The van der Waals surface area contributed by atoms with Crippen molar-refractivity contribution in [3.8, 4) is 6.07 Å². The summed E-state index contributed by atoms with van der Waals surface area (Å²) >= 11 is 0. The normalized spacial score (nSPS) is 9.14. The fraction of sp³-hybridized carbons (Fsp3) is 0.182. The summed E-state index contributed by atoms with van der Waals surface area (Å²) in [5.41, 5.74) is 0.752. The monoisotopic (exact) mass is 190 g/mol.